The van der Waals surface area contributed by atoms with Gasteiger partial charge in [0.05, 0.1) is 0 Å². The van der Waals surface area contributed by atoms with Gasteiger partial charge in [-0.1, -0.05) is 20.8 Å². The molecule has 17 heavy (non-hydrogen) atoms. The van der Waals surface area contributed by atoms with Gasteiger partial charge in [-0.25, -0.2) is 9.98 Å². The van der Waals surface area contributed by atoms with Gasteiger partial charge in [0.1, 0.15) is 5.84 Å². The molecule has 0 saturated carbocycles. The predicted octanol–water partition coefficient (Wildman–Crippen LogP) is 2.01. The molecule has 0 spiro atoms. The SMILES string of the molecule is CC(C)(C)C(N)=CC(N)=Nc1ccnc(Cl)n1. The molecule has 1 rings (SSSR count). The molecule has 92 valence electrons. The van der Waals surface area contributed by atoms with Gasteiger partial charge in [0, 0.05) is 23.4 Å². The zero-order valence-electron chi connectivity index (χ0n) is 10.1. The molecule has 0 amide bonds. The van der Waals surface area contributed by atoms with E-state index in [4.69, 9.17) is 23.1 Å². The summed E-state index contributed by atoms with van der Waals surface area (Å²) in [6.45, 7) is 5.98. The van der Waals surface area contributed by atoms with Crippen LogP contribution in [-0.2, 0) is 0 Å². The Balaban J connectivity index is 2.94. The first-order chi connectivity index (χ1) is 7.79. The van der Waals surface area contributed by atoms with Gasteiger partial charge < -0.3 is 11.5 Å². The summed E-state index contributed by atoms with van der Waals surface area (Å²) in [6.07, 6.45) is 3.13. The molecule has 0 aromatic carbocycles. The number of nitrogens with two attached hydrogens (primary N) is 2. The first-order valence-corrected chi connectivity index (χ1v) is 5.47. The molecule has 1 heterocycles. The molecule has 0 bridgehead atoms. The fraction of sp³-hybridized carbons (Fsp3) is 0.364. The minimum absolute atomic E-state index is 0.131. The van der Waals surface area contributed by atoms with E-state index in [1.807, 2.05) is 20.8 Å². The van der Waals surface area contributed by atoms with Crippen molar-refractivity contribution in [3.05, 3.63) is 29.3 Å². The highest BCUT2D eigenvalue weighted by atomic mass is 35.5. The quantitative estimate of drug-likeness (QED) is 0.479. The van der Waals surface area contributed by atoms with Crippen LogP contribution in [0, 0.1) is 5.41 Å². The average molecular weight is 254 g/mol. The van der Waals surface area contributed by atoms with Crippen LogP contribution in [0.2, 0.25) is 5.28 Å². The van der Waals surface area contributed by atoms with Crippen LogP contribution in [0.5, 0.6) is 0 Å². The molecule has 0 aliphatic rings. The van der Waals surface area contributed by atoms with Crippen molar-refractivity contribution in [1.29, 1.82) is 0 Å². The highest BCUT2D eigenvalue weighted by molar-refractivity contribution is 6.28. The molecule has 5 nitrogen and oxygen atoms in total. The summed E-state index contributed by atoms with van der Waals surface area (Å²) in [6, 6.07) is 1.61. The second-order valence-corrected chi connectivity index (χ2v) is 4.91. The van der Waals surface area contributed by atoms with E-state index in [2.05, 4.69) is 15.0 Å². The van der Waals surface area contributed by atoms with Gasteiger partial charge in [0.25, 0.3) is 0 Å². The molecule has 0 unspecified atom stereocenters. The Hall–Kier alpha value is -1.62. The van der Waals surface area contributed by atoms with Crippen molar-refractivity contribution in [2.75, 3.05) is 0 Å². The number of hydrogen-bond acceptors (Lipinski definition) is 4. The summed E-state index contributed by atoms with van der Waals surface area (Å²) in [5.74, 6) is 0.688. The van der Waals surface area contributed by atoms with Crippen molar-refractivity contribution in [3.8, 4) is 0 Å². The van der Waals surface area contributed by atoms with Gasteiger partial charge in [-0.15, -0.1) is 0 Å². The second-order valence-electron chi connectivity index (χ2n) is 4.57. The van der Waals surface area contributed by atoms with Crippen LogP contribution in [0.25, 0.3) is 0 Å². The Bertz CT molecular complexity index is 459. The third-order valence-electron chi connectivity index (χ3n) is 2.02. The van der Waals surface area contributed by atoms with E-state index in [-0.39, 0.29) is 16.5 Å². The zero-order chi connectivity index (χ0) is 13.1. The van der Waals surface area contributed by atoms with E-state index in [0.717, 1.165) is 0 Å². The van der Waals surface area contributed by atoms with Crippen molar-refractivity contribution in [2.45, 2.75) is 20.8 Å². The van der Waals surface area contributed by atoms with E-state index in [1.54, 1.807) is 12.1 Å². The topological polar surface area (TPSA) is 90.2 Å². The van der Waals surface area contributed by atoms with Crippen LogP contribution in [0.15, 0.2) is 29.0 Å². The maximum atomic E-state index is 5.88. The Morgan fingerprint density at radius 1 is 1.41 bits per heavy atom. The number of nitrogens with zero attached hydrogens (tertiary/aromatic N) is 3. The molecule has 6 heteroatoms. The van der Waals surface area contributed by atoms with Gasteiger partial charge in [-0.3, -0.25) is 0 Å². The molecule has 4 N–H and O–H groups in total. The minimum atomic E-state index is -0.149. The van der Waals surface area contributed by atoms with Gasteiger partial charge in [0.2, 0.25) is 5.28 Å². The predicted molar refractivity (Wildman–Crippen MR) is 70.0 cm³/mol. The van der Waals surface area contributed by atoms with Crippen molar-refractivity contribution in [3.63, 3.8) is 0 Å². The standard InChI is InChI=1S/C11H16ClN5/c1-11(2,3)7(13)6-8(14)16-9-4-5-15-10(12)17-9/h4-6H,13H2,1-3H3,(H2,14,15,16,17). The average Bonchev–Trinajstić information content (AvgIpc) is 2.15. The summed E-state index contributed by atoms with van der Waals surface area (Å²) in [5.41, 5.74) is 12.1. The summed E-state index contributed by atoms with van der Waals surface area (Å²) in [5, 5.41) is 0.131. The molecular formula is C11H16ClN5. The fourth-order valence-corrected chi connectivity index (χ4v) is 1.07. The van der Waals surface area contributed by atoms with Crippen LogP contribution >= 0.6 is 11.6 Å². The molecule has 1 aromatic rings. The summed E-state index contributed by atoms with van der Waals surface area (Å²) in [4.78, 5) is 11.7. The Labute approximate surface area is 106 Å². The number of rotatable bonds is 2. The van der Waals surface area contributed by atoms with Crippen molar-refractivity contribution in [1.82, 2.24) is 9.97 Å². The maximum absolute atomic E-state index is 5.88. The van der Waals surface area contributed by atoms with Crippen LogP contribution in [0.3, 0.4) is 0 Å². The lowest BCUT2D eigenvalue weighted by Crippen LogP contribution is -2.20. The minimum Gasteiger partial charge on any atom is -0.401 e. The second kappa shape index (κ2) is 5.14. The Morgan fingerprint density at radius 3 is 2.59 bits per heavy atom. The highest BCUT2D eigenvalue weighted by Gasteiger charge is 2.13. The van der Waals surface area contributed by atoms with E-state index in [1.165, 1.54) is 6.20 Å². The van der Waals surface area contributed by atoms with Crippen molar-refractivity contribution < 1.29 is 0 Å². The number of amidine groups is 1. The number of hydrogen-bond donors (Lipinski definition) is 2. The third kappa shape index (κ3) is 4.40. The molecule has 0 aliphatic heterocycles. The first kappa shape index (κ1) is 13.4. The largest absolute Gasteiger partial charge is 0.401 e. The summed E-state index contributed by atoms with van der Waals surface area (Å²) < 4.78 is 0. The number of aliphatic imine (C=N–C) groups is 1. The van der Waals surface area contributed by atoms with Gasteiger partial charge in [-0.05, 0) is 17.7 Å². The lowest BCUT2D eigenvalue weighted by molar-refractivity contribution is 0.498. The Kier molecular flexibility index (Phi) is 4.07. The molecular weight excluding hydrogens is 238 g/mol. The third-order valence-corrected chi connectivity index (χ3v) is 2.21. The molecule has 1 aromatic heterocycles. The maximum Gasteiger partial charge on any atom is 0.224 e. The smallest absolute Gasteiger partial charge is 0.224 e. The number of allylic oxidation sites excluding steroid dienone is 1. The van der Waals surface area contributed by atoms with E-state index >= 15 is 0 Å². The van der Waals surface area contributed by atoms with E-state index in [0.29, 0.717) is 11.5 Å². The van der Waals surface area contributed by atoms with Crippen molar-refractivity contribution >= 4 is 23.3 Å². The van der Waals surface area contributed by atoms with E-state index < -0.39 is 0 Å². The van der Waals surface area contributed by atoms with Crippen LogP contribution in [0.4, 0.5) is 5.82 Å². The van der Waals surface area contributed by atoms with Crippen LogP contribution < -0.4 is 11.5 Å². The fourth-order valence-electron chi connectivity index (χ4n) is 0.929. The molecule has 0 fully saturated rings. The monoisotopic (exact) mass is 253 g/mol. The summed E-state index contributed by atoms with van der Waals surface area (Å²) >= 11 is 5.63. The normalized spacial score (nSPS) is 13.9. The van der Waals surface area contributed by atoms with Gasteiger partial charge in [0.15, 0.2) is 5.82 Å². The number of aromatic nitrogens is 2. The van der Waals surface area contributed by atoms with Gasteiger partial charge in [-0.2, -0.15) is 4.98 Å². The highest BCUT2D eigenvalue weighted by Crippen LogP contribution is 2.20. The molecule has 0 atom stereocenters. The van der Waals surface area contributed by atoms with E-state index in [9.17, 15) is 0 Å². The lowest BCUT2D eigenvalue weighted by Gasteiger charge is -2.18. The van der Waals surface area contributed by atoms with Crippen molar-refractivity contribution in [2.24, 2.45) is 21.9 Å². The first-order valence-electron chi connectivity index (χ1n) is 5.09. The Morgan fingerprint density at radius 2 is 2.06 bits per heavy atom. The molecule has 0 radical (unpaired) electrons. The zero-order valence-corrected chi connectivity index (χ0v) is 10.9. The number of halogens is 1. The van der Waals surface area contributed by atoms with Crippen LogP contribution in [-0.4, -0.2) is 15.8 Å². The summed E-state index contributed by atoms with van der Waals surface area (Å²) in [7, 11) is 0. The lowest BCUT2D eigenvalue weighted by atomic mass is 9.92. The molecule has 0 aliphatic carbocycles. The van der Waals surface area contributed by atoms with Crippen LogP contribution in [0.1, 0.15) is 20.8 Å². The molecule has 0 saturated heterocycles. The van der Waals surface area contributed by atoms with Gasteiger partial charge >= 0.3 is 0 Å².